The van der Waals surface area contributed by atoms with Crippen LogP contribution in [0.3, 0.4) is 0 Å². The summed E-state index contributed by atoms with van der Waals surface area (Å²) in [6.45, 7) is 0. The highest BCUT2D eigenvalue weighted by atomic mass is 32.2. The molecule has 0 radical (unpaired) electrons. The first-order valence-corrected chi connectivity index (χ1v) is 6.64. The smallest absolute Gasteiger partial charge is 0.344 e. The third-order valence-electron chi connectivity index (χ3n) is 2.84. The van der Waals surface area contributed by atoms with Crippen LogP contribution in [0, 0.1) is 0 Å². The average Bonchev–Trinajstić information content (AvgIpc) is 2.46. The van der Waals surface area contributed by atoms with Crippen molar-refractivity contribution in [2.75, 3.05) is 5.32 Å². The SMILES string of the molecule is O=C(O)C1=C(c2ccccc2)Nc2ccccc2S1. The second-order valence-corrected chi connectivity index (χ2v) is 5.15. The van der Waals surface area contributed by atoms with Gasteiger partial charge in [0.15, 0.2) is 0 Å². The summed E-state index contributed by atoms with van der Waals surface area (Å²) in [5.41, 5.74) is 2.47. The summed E-state index contributed by atoms with van der Waals surface area (Å²) >= 11 is 1.29. The molecule has 4 heteroatoms. The Balaban J connectivity index is 2.12. The third-order valence-corrected chi connectivity index (χ3v) is 4.00. The molecule has 2 N–H and O–H groups in total. The van der Waals surface area contributed by atoms with Gasteiger partial charge in [0.25, 0.3) is 0 Å². The predicted molar refractivity (Wildman–Crippen MR) is 76.9 cm³/mol. The van der Waals surface area contributed by atoms with Crippen molar-refractivity contribution in [3.8, 4) is 0 Å². The summed E-state index contributed by atoms with van der Waals surface area (Å²) in [6, 6.07) is 17.2. The minimum atomic E-state index is -0.911. The van der Waals surface area contributed by atoms with Gasteiger partial charge in [0.05, 0.1) is 11.4 Å². The van der Waals surface area contributed by atoms with Gasteiger partial charge in [-0.1, -0.05) is 54.2 Å². The molecule has 1 heterocycles. The Morgan fingerprint density at radius 1 is 1.00 bits per heavy atom. The fourth-order valence-corrected chi connectivity index (χ4v) is 2.92. The van der Waals surface area contributed by atoms with Crippen molar-refractivity contribution >= 4 is 29.1 Å². The van der Waals surface area contributed by atoms with Crippen LogP contribution in [0.4, 0.5) is 5.69 Å². The lowest BCUT2D eigenvalue weighted by Gasteiger charge is -2.22. The molecule has 0 unspecified atom stereocenters. The van der Waals surface area contributed by atoms with Crippen molar-refractivity contribution < 1.29 is 9.90 Å². The zero-order valence-electron chi connectivity index (χ0n) is 9.96. The van der Waals surface area contributed by atoms with Gasteiger partial charge in [-0.3, -0.25) is 0 Å². The molecule has 19 heavy (non-hydrogen) atoms. The number of rotatable bonds is 2. The van der Waals surface area contributed by atoms with E-state index in [4.69, 9.17) is 0 Å². The zero-order valence-corrected chi connectivity index (χ0v) is 10.8. The van der Waals surface area contributed by atoms with Gasteiger partial charge in [0.2, 0.25) is 0 Å². The molecule has 2 aromatic rings. The maximum absolute atomic E-state index is 11.4. The molecule has 0 amide bonds. The van der Waals surface area contributed by atoms with Crippen LogP contribution in [0.25, 0.3) is 5.70 Å². The Kier molecular flexibility index (Phi) is 3.01. The van der Waals surface area contributed by atoms with E-state index in [1.165, 1.54) is 11.8 Å². The highest BCUT2D eigenvalue weighted by molar-refractivity contribution is 8.04. The second-order valence-electron chi connectivity index (χ2n) is 4.10. The Morgan fingerprint density at radius 3 is 2.42 bits per heavy atom. The predicted octanol–water partition coefficient (Wildman–Crippen LogP) is 3.66. The van der Waals surface area contributed by atoms with Crippen LogP contribution in [0.5, 0.6) is 0 Å². The first kappa shape index (κ1) is 11.9. The maximum atomic E-state index is 11.4. The molecule has 0 saturated heterocycles. The summed E-state index contributed by atoms with van der Waals surface area (Å²) in [5, 5.41) is 12.6. The fraction of sp³-hybridized carbons (Fsp3) is 0. The van der Waals surface area contributed by atoms with Crippen LogP contribution in [0.2, 0.25) is 0 Å². The number of fused-ring (bicyclic) bond motifs is 1. The van der Waals surface area contributed by atoms with Crippen LogP contribution >= 0.6 is 11.8 Å². The normalized spacial score (nSPS) is 13.7. The van der Waals surface area contributed by atoms with E-state index in [1.54, 1.807) is 0 Å². The summed E-state index contributed by atoms with van der Waals surface area (Å²) in [6.07, 6.45) is 0. The standard InChI is InChI=1S/C15H11NO2S/c17-15(18)14-13(10-6-2-1-3-7-10)16-11-8-4-5-9-12(11)19-14/h1-9,16H,(H,17,18). The molecule has 0 aromatic heterocycles. The van der Waals surface area contributed by atoms with Gasteiger partial charge in [0.1, 0.15) is 4.91 Å². The van der Waals surface area contributed by atoms with Crippen molar-refractivity contribution in [1.82, 2.24) is 0 Å². The number of thioether (sulfide) groups is 1. The average molecular weight is 269 g/mol. The van der Waals surface area contributed by atoms with Crippen molar-refractivity contribution in [2.24, 2.45) is 0 Å². The number of anilines is 1. The molecule has 1 aliphatic rings. The van der Waals surface area contributed by atoms with Gasteiger partial charge in [-0.05, 0) is 17.7 Å². The lowest BCUT2D eigenvalue weighted by atomic mass is 10.1. The Hall–Kier alpha value is -2.20. The molecule has 0 saturated carbocycles. The molecule has 0 bridgehead atoms. The molecule has 0 atom stereocenters. The lowest BCUT2D eigenvalue weighted by molar-refractivity contribution is -0.131. The first-order chi connectivity index (χ1) is 9.25. The maximum Gasteiger partial charge on any atom is 0.344 e. The van der Waals surface area contributed by atoms with E-state index >= 15 is 0 Å². The molecular formula is C15H11NO2S. The molecule has 1 aliphatic heterocycles. The van der Waals surface area contributed by atoms with E-state index in [1.807, 2.05) is 54.6 Å². The highest BCUT2D eigenvalue weighted by Crippen LogP contribution is 2.42. The molecule has 0 aliphatic carbocycles. The Bertz CT molecular complexity index is 665. The number of nitrogens with one attached hydrogen (secondary N) is 1. The summed E-state index contributed by atoms with van der Waals surface area (Å²) < 4.78 is 0. The number of aliphatic carboxylic acids is 1. The number of para-hydroxylation sites is 1. The highest BCUT2D eigenvalue weighted by Gasteiger charge is 2.23. The van der Waals surface area contributed by atoms with Gasteiger partial charge < -0.3 is 10.4 Å². The third kappa shape index (κ3) is 2.22. The van der Waals surface area contributed by atoms with Crippen LogP contribution in [0.15, 0.2) is 64.4 Å². The number of carboxylic acids is 1. The van der Waals surface area contributed by atoms with E-state index < -0.39 is 5.97 Å². The number of benzene rings is 2. The van der Waals surface area contributed by atoms with E-state index in [0.29, 0.717) is 10.6 Å². The van der Waals surface area contributed by atoms with Gasteiger partial charge in [-0.25, -0.2) is 4.79 Å². The summed E-state index contributed by atoms with van der Waals surface area (Å²) in [5.74, 6) is -0.911. The number of hydrogen-bond donors (Lipinski definition) is 2. The topological polar surface area (TPSA) is 49.3 Å². The lowest BCUT2D eigenvalue weighted by Crippen LogP contribution is -2.12. The summed E-state index contributed by atoms with van der Waals surface area (Å²) in [4.78, 5) is 12.7. The van der Waals surface area contributed by atoms with Gasteiger partial charge in [-0.2, -0.15) is 0 Å². The molecule has 94 valence electrons. The molecule has 0 fully saturated rings. The molecular weight excluding hydrogens is 258 g/mol. The minimum Gasteiger partial charge on any atom is -0.477 e. The largest absolute Gasteiger partial charge is 0.477 e. The Morgan fingerprint density at radius 2 is 1.68 bits per heavy atom. The molecule has 3 nitrogen and oxygen atoms in total. The number of carboxylic acid groups (broad SMARTS) is 1. The quantitative estimate of drug-likeness (QED) is 0.873. The Labute approximate surface area is 115 Å². The summed E-state index contributed by atoms with van der Waals surface area (Å²) in [7, 11) is 0. The van der Waals surface area contributed by atoms with E-state index in [9.17, 15) is 9.90 Å². The minimum absolute atomic E-state index is 0.324. The van der Waals surface area contributed by atoms with Crippen molar-refractivity contribution in [1.29, 1.82) is 0 Å². The van der Waals surface area contributed by atoms with Crippen LogP contribution in [-0.4, -0.2) is 11.1 Å². The number of carbonyl (C=O) groups is 1. The zero-order chi connectivity index (χ0) is 13.2. The molecule has 2 aromatic carbocycles. The van der Waals surface area contributed by atoms with E-state index in [2.05, 4.69) is 5.32 Å². The van der Waals surface area contributed by atoms with Crippen molar-refractivity contribution in [3.05, 3.63) is 65.1 Å². The van der Waals surface area contributed by atoms with Crippen molar-refractivity contribution in [2.45, 2.75) is 4.90 Å². The molecule has 0 spiro atoms. The van der Waals surface area contributed by atoms with Gasteiger partial charge >= 0.3 is 5.97 Å². The van der Waals surface area contributed by atoms with E-state index in [0.717, 1.165) is 16.1 Å². The van der Waals surface area contributed by atoms with Crippen LogP contribution in [-0.2, 0) is 4.79 Å². The first-order valence-electron chi connectivity index (χ1n) is 5.82. The monoisotopic (exact) mass is 269 g/mol. The molecule has 3 rings (SSSR count). The van der Waals surface area contributed by atoms with E-state index in [-0.39, 0.29) is 0 Å². The van der Waals surface area contributed by atoms with Crippen LogP contribution < -0.4 is 5.32 Å². The second kappa shape index (κ2) is 4.82. The van der Waals surface area contributed by atoms with Crippen LogP contribution in [0.1, 0.15) is 5.56 Å². The van der Waals surface area contributed by atoms with Gasteiger partial charge in [-0.15, -0.1) is 0 Å². The van der Waals surface area contributed by atoms with Crippen molar-refractivity contribution in [3.63, 3.8) is 0 Å². The van der Waals surface area contributed by atoms with Gasteiger partial charge in [0, 0.05) is 4.90 Å². The number of hydrogen-bond acceptors (Lipinski definition) is 3. The fourth-order valence-electron chi connectivity index (χ4n) is 1.97.